The molecule has 0 aromatic carbocycles. The summed E-state index contributed by atoms with van der Waals surface area (Å²) in [5.41, 5.74) is 2.70. The van der Waals surface area contributed by atoms with Gasteiger partial charge in [-0.3, -0.25) is 4.79 Å². The first-order chi connectivity index (χ1) is 9.11. The Hall–Kier alpha value is -1.33. The van der Waals surface area contributed by atoms with E-state index < -0.39 is 0 Å². The summed E-state index contributed by atoms with van der Waals surface area (Å²) in [5.74, 6) is 6.30. The number of carbonyl (C=O) groups excluding carboxylic acids is 1. The van der Waals surface area contributed by atoms with Gasteiger partial charge in [0, 0.05) is 13.1 Å². The first-order valence-corrected chi connectivity index (χ1v) is 6.92. The predicted octanol–water partition coefficient (Wildman–Crippen LogP) is 2.28. The van der Waals surface area contributed by atoms with Crippen LogP contribution < -0.4 is 11.3 Å². The molecule has 1 aromatic rings. The average Bonchev–Trinajstić information content (AvgIpc) is 2.63. The van der Waals surface area contributed by atoms with Crippen LogP contribution in [0.2, 0.25) is 5.02 Å². The lowest BCUT2D eigenvalue weighted by molar-refractivity contribution is 0.0755. The first-order valence-electron chi connectivity index (χ1n) is 6.54. The Labute approximate surface area is 118 Å². The molecule has 1 aromatic heterocycles. The monoisotopic (exact) mass is 282 g/mol. The van der Waals surface area contributed by atoms with E-state index in [1.807, 2.05) is 4.90 Å². The molecule has 6 heteroatoms. The molecule has 1 unspecified atom stereocenters. The highest BCUT2D eigenvalue weighted by atomic mass is 35.5. The second-order valence-electron chi connectivity index (χ2n) is 5.00. The normalized spacial score (nSPS) is 19.9. The van der Waals surface area contributed by atoms with Crippen LogP contribution in [-0.2, 0) is 0 Å². The van der Waals surface area contributed by atoms with Gasteiger partial charge >= 0.3 is 0 Å². The SMILES string of the molecule is CC1CCCN(C(=O)c2nc(NN)ccc2Cl)CC1. The number of amides is 1. The molecule has 0 bridgehead atoms. The van der Waals surface area contributed by atoms with Gasteiger partial charge in [0.2, 0.25) is 0 Å². The van der Waals surface area contributed by atoms with Crippen molar-refractivity contribution in [1.29, 1.82) is 0 Å². The van der Waals surface area contributed by atoms with Crippen molar-refractivity contribution in [2.45, 2.75) is 26.2 Å². The molecule has 0 radical (unpaired) electrons. The number of anilines is 1. The van der Waals surface area contributed by atoms with E-state index in [9.17, 15) is 4.79 Å². The fraction of sp³-hybridized carbons (Fsp3) is 0.538. The van der Waals surface area contributed by atoms with Crippen LogP contribution in [0.3, 0.4) is 0 Å². The van der Waals surface area contributed by atoms with Crippen molar-refractivity contribution in [3.63, 3.8) is 0 Å². The van der Waals surface area contributed by atoms with E-state index in [1.165, 1.54) is 0 Å². The molecule has 5 nitrogen and oxygen atoms in total. The molecule has 0 aliphatic carbocycles. The van der Waals surface area contributed by atoms with Crippen molar-refractivity contribution in [2.75, 3.05) is 18.5 Å². The topological polar surface area (TPSA) is 71.2 Å². The largest absolute Gasteiger partial charge is 0.337 e. The second-order valence-corrected chi connectivity index (χ2v) is 5.41. The van der Waals surface area contributed by atoms with Gasteiger partial charge in [0.1, 0.15) is 11.5 Å². The molecule has 1 saturated heterocycles. The summed E-state index contributed by atoms with van der Waals surface area (Å²) in [4.78, 5) is 18.4. The number of aromatic nitrogens is 1. The number of likely N-dealkylation sites (tertiary alicyclic amines) is 1. The number of nitrogen functional groups attached to an aromatic ring is 1. The lowest BCUT2D eigenvalue weighted by Crippen LogP contribution is -2.33. The third kappa shape index (κ3) is 3.36. The Morgan fingerprint density at radius 3 is 3.00 bits per heavy atom. The van der Waals surface area contributed by atoms with E-state index in [0.717, 1.165) is 32.4 Å². The maximum Gasteiger partial charge on any atom is 0.274 e. The maximum atomic E-state index is 12.5. The number of nitrogens with two attached hydrogens (primary N) is 1. The lowest BCUT2D eigenvalue weighted by Gasteiger charge is -2.20. The van der Waals surface area contributed by atoms with Crippen LogP contribution in [0.25, 0.3) is 0 Å². The van der Waals surface area contributed by atoms with E-state index in [1.54, 1.807) is 12.1 Å². The summed E-state index contributed by atoms with van der Waals surface area (Å²) in [7, 11) is 0. The highest BCUT2D eigenvalue weighted by Gasteiger charge is 2.22. The number of hydrazine groups is 1. The summed E-state index contributed by atoms with van der Waals surface area (Å²) in [6.45, 7) is 3.75. The molecule has 1 aliphatic heterocycles. The smallest absolute Gasteiger partial charge is 0.274 e. The molecule has 1 atom stereocenters. The van der Waals surface area contributed by atoms with Gasteiger partial charge in [0.15, 0.2) is 0 Å². The second kappa shape index (κ2) is 6.21. The van der Waals surface area contributed by atoms with Crippen LogP contribution in [0, 0.1) is 5.92 Å². The molecule has 104 valence electrons. The Bertz CT molecular complexity index is 466. The summed E-state index contributed by atoms with van der Waals surface area (Å²) in [5, 5.41) is 0.362. The number of carbonyl (C=O) groups is 1. The molecule has 0 spiro atoms. The van der Waals surface area contributed by atoms with Gasteiger partial charge in [0.05, 0.1) is 5.02 Å². The number of nitrogens with one attached hydrogen (secondary N) is 1. The van der Waals surface area contributed by atoms with E-state index in [-0.39, 0.29) is 11.6 Å². The molecule has 1 fully saturated rings. The minimum absolute atomic E-state index is 0.115. The van der Waals surface area contributed by atoms with Crippen molar-refractivity contribution in [3.05, 3.63) is 22.8 Å². The van der Waals surface area contributed by atoms with Gasteiger partial charge in [-0.25, -0.2) is 10.8 Å². The third-order valence-corrected chi connectivity index (χ3v) is 3.81. The van der Waals surface area contributed by atoms with Crippen molar-refractivity contribution in [1.82, 2.24) is 9.88 Å². The lowest BCUT2D eigenvalue weighted by atomic mass is 10.0. The van der Waals surface area contributed by atoms with Crippen molar-refractivity contribution in [3.8, 4) is 0 Å². The number of hydrogen-bond donors (Lipinski definition) is 2. The summed E-state index contributed by atoms with van der Waals surface area (Å²) >= 11 is 6.06. The number of hydrogen-bond acceptors (Lipinski definition) is 4. The third-order valence-electron chi connectivity index (χ3n) is 3.50. The minimum Gasteiger partial charge on any atom is -0.337 e. The summed E-state index contributed by atoms with van der Waals surface area (Å²) in [6, 6.07) is 3.28. The van der Waals surface area contributed by atoms with E-state index in [0.29, 0.717) is 16.8 Å². The predicted molar refractivity (Wildman–Crippen MR) is 76.0 cm³/mol. The van der Waals surface area contributed by atoms with Gasteiger partial charge in [-0.1, -0.05) is 18.5 Å². The number of nitrogens with zero attached hydrogens (tertiary/aromatic N) is 2. The molecule has 2 rings (SSSR count). The molecule has 3 N–H and O–H groups in total. The molecule has 19 heavy (non-hydrogen) atoms. The fourth-order valence-corrected chi connectivity index (χ4v) is 2.47. The van der Waals surface area contributed by atoms with E-state index in [4.69, 9.17) is 17.4 Å². The van der Waals surface area contributed by atoms with Crippen molar-refractivity contribution < 1.29 is 4.79 Å². The maximum absolute atomic E-state index is 12.5. The van der Waals surface area contributed by atoms with Crippen LogP contribution in [0.4, 0.5) is 5.82 Å². The number of rotatable bonds is 2. The van der Waals surface area contributed by atoms with Crippen LogP contribution in [-0.4, -0.2) is 28.9 Å². The van der Waals surface area contributed by atoms with Crippen molar-refractivity contribution in [2.24, 2.45) is 11.8 Å². The van der Waals surface area contributed by atoms with E-state index in [2.05, 4.69) is 17.3 Å². The van der Waals surface area contributed by atoms with Gasteiger partial charge in [0.25, 0.3) is 5.91 Å². The van der Waals surface area contributed by atoms with Crippen molar-refractivity contribution >= 4 is 23.3 Å². The van der Waals surface area contributed by atoms with E-state index >= 15 is 0 Å². The zero-order chi connectivity index (χ0) is 13.8. The van der Waals surface area contributed by atoms with Gasteiger partial charge < -0.3 is 10.3 Å². The number of pyridine rings is 1. The average molecular weight is 283 g/mol. The molecular weight excluding hydrogens is 264 g/mol. The Balaban J connectivity index is 2.18. The van der Waals surface area contributed by atoms with Gasteiger partial charge in [-0.05, 0) is 37.3 Å². The Kier molecular flexibility index (Phi) is 4.61. The Morgan fingerprint density at radius 1 is 1.47 bits per heavy atom. The van der Waals surface area contributed by atoms with Crippen LogP contribution in [0.5, 0.6) is 0 Å². The zero-order valence-corrected chi connectivity index (χ0v) is 11.8. The molecule has 1 amide bonds. The standard InChI is InChI=1S/C13H19ClN4O/c1-9-3-2-7-18(8-6-9)13(19)12-10(14)4-5-11(16-12)17-15/h4-5,9H,2-3,6-8,15H2,1H3,(H,16,17). The molecule has 1 aliphatic rings. The molecule has 2 heterocycles. The quantitative estimate of drug-likeness (QED) is 0.645. The summed E-state index contributed by atoms with van der Waals surface area (Å²) in [6.07, 6.45) is 3.22. The Morgan fingerprint density at radius 2 is 2.26 bits per heavy atom. The van der Waals surface area contributed by atoms with Gasteiger partial charge in [-0.15, -0.1) is 0 Å². The highest BCUT2D eigenvalue weighted by molar-refractivity contribution is 6.33. The molecule has 0 saturated carbocycles. The van der Waals surface area contributed by atoms with Crippen LogP contribution >= 0.6 is 11.6 Å². The molecular formula is C13H19ClN4O. The number of halogens is 1. The van der Waals surface area contributed by atoms with Gasteiger partial charge in [-0.2, -0.15) is 0 Å². The van der Waals surface area contributed by atoms with Crippen LogP contribution in [0.1, 0.15) is 36.7 Å². The summed E-state index contributed by atoms with van der Waals surface area (Å²) < 4.78 is 0. The van der Waals surface area contributed by atoms with Crippen LogP contribution in [0.15, 0.2) is 12.1 Å². The highest BCUT2D eigenvalue weighted by Crippen LogP contribution is 2.21. The first kappa shape index (κ1) is 14.1. The minimum atomic E-state index is -0.115. The zero-order valence-electron chi connectivity index (χ0n) is 11.0. The fourth-order valence-electron chi connectivity index (χ4n) is 2.29.